The molecule has 1 N–H and O–H groups in total. The lowest BCUT2D eigenvalue weighted by atomic mass is 10.1. The molecule has 0 aliphatic heterocycles. The fraction of sp³-hybridized carbons (Fsp3) is 0.462. The first kappa shape index (κ1) is 14.1. The van der Waals surface area contributed by atoms with Gasteiger partial charge in [-0.05, 0) is 29.9 Å². The topological polar surface area (TPSA) is 40.5 Å². The van der Waals surface area contributed by atoms with Crippen molar-refractivity contribution >= 4 is 17.7 Å². The molecular weight excluding hydrogens is 234 g/mol. The Labute approximate surface area is 107 Å². The van der Waals surface area contributed by atoms with Crippen molar-refractivity contribution in [3.63, 3.8) is 0 Å². The van der Waals surface area contributed by atoms with Crippen LogP contribution >= 0.6 is 11.8 Å². The van der Waals surface area contributed by atoms with Gasteiger partial charge in [-0.25, -0.2) is 0 Å². The summed E-state index contributed by atoms with van der Waals surface area (Å²) < 4.78 is 0. The first-order valence-electron chi connectivity index (χ1n) is 5.74. The van der Waals surface area contributed by atoms with Gasteiger partial charge in [0.1, 0.15) is 6.61 Å². The molecule has 0 unspecified atom stereocenters. The summed E-state index contributed by atoms with van der Waals surface area (Å²) in [6, 6.07) is 8.40. The van der Waals surface area contributed by atoms with Crippen LogP contribution in [0, 0.1) is 0 Å². The van der Waals surface area contributed by atoms with Crippen LogP contribution in [0.1, 0.15) is 12.5 Å². The van der Waals surface area contributed by atoms with Crippen LogP contribution in [0.15, 0.2) is 29.2 Å². The molecule has 0 bridgehead atoms. The average molecular weight is 253 g/mol. The summed E-state index contributed by atoms with van der Waals surface area (Å²) in [5.41, 5.74) is 1.21. The van der Waals surface area contributed by atoms with E-state index in [0.29, 0.717) is 6.54 Å². The molecule has 0 saturated heterocycles. The van der Waals surface area contributed by atoms with Crippen molar-refractivity contribution in [3.8, 4) is 0 Å². The van der Waals surface area contributed by atoms with Gasteiger partial charge in [0.05, 0.1) is 0 Å². The number of benzene rings is 1. The van der Waals surface area contributed by atoms with Crippen molar-refractivity contribution in [2.75, 3.05) is 26.0 Å². The van der Waals surface area contributed by atoms with E-state index in [9.17, 15) is 4.79 Å². The molecule has 1 aromatic rings. The van der Waals surface area contributed by atoms with E-state index in [-0.39, 0.29) is 5.91 Å². The van der Waals surface area contributed by atoms with Gasteiger partial charge in [-0.15, -0.1) is 11.8 Å². The van der Waals surface area contributed by atoms with Crippen molar-refractivity contribution in [1.29, 1.82) is 0 Å². The van der Waals surface area contributed by atoms with Crippen LogP contribution in [0.5, 0.6) is 0 Å². The van der Waals surface area contributed by atoms with Crippen molar-refractivity contribution in [1.82, 2.24) is 4.90 Å². The minimum Gasteiger partial charge on any atom is -0.387 e. The number of nitrogens with zero attached hydrogens (tertiary/aromatic N) is 1. The zero-order valence-electron chi connectivity index (χ0n) is 10.3. The number of likely N-dealkylation sites (N-methyl/N-ethyl adjacent to an activating group) is 1. The van der Waals surface area contributed by atoms with E-state index in [1.54, 1.807) is 11.9 Å². The van der Waals surface area contributed by atoms with Gasteiger partial charge in [-0.1, -0.05) is 19.1 Å². The van der Waals surface area contributed by atoms with Gasteiger partial charge in [0.15, 0.2) is 0 Å². The van der Waals surface area contributed by atoms with Crippen LogP contribution in [0.4, 0.5) is 0 Å². The SMILES string of the molecule is CCSc1ccc(CCN(C)C(=O)CO)cc1. The number of thioether (sulfide) groups is 1. The highest BCUT2D eigenvalue weighted by Crippen LogP contribution is 2.17. The number of hydrogen-bond acceptors (Lipinski definition) is 3. The molecule has 0 aliphatic carbocycles. The predicted octanol–water partition coefficient (Wildman–Crippen LogP) is 1.79. The van der Waals surface area contributed by atoms with Crippen molar-refractivity contribution in [2.45, 2.75) is 18.2 Å². The smallest absolute Gasteiger partial charge is 0.248 e. The third-order valence-corrected chi connectivity index (χ3v) is 3.43. The summed E-state index contributed by atoms with van der Waals surface area (Å²) in [6.07, 6.45) is 0.819. The minimum atomic E-state index is -0.414. The molecule has 0 aromatic heterocycles. The molecule has 1 amide bonds. The largest absolute Gasteiger partial charge is 0.387 e. The Bertz CT molecular complexity index is 351. The molecule has 17 heavy (non-hydrogen) atoms. The second-order valence-corrected chi connectivity index (χ2v) is 5.14. The summed E-state index contributed by atoms with van der Waals surface area (Å²) in [5, 5.41) is 8.70. The number of rotatable bonds is 6. The highest BCUT2D eigenvalue weighted by Gasteiger charge is 2.06. The Kier molecular flexibility index (Phi) is 6.08. The zero-order chi connectivity index (χ0) is 12.7. The monoisotopic (exact) mass is 253 g/mol. The van der Waals surface area contributed by atoms with E-state index in [1.165, 1.54) is 10.5 Å². The zero-order valence-corrected chi connectivity index (χ0v) is 11.2. The lowest BCUT2D eigenvalue weighted by Crippen LogP contribution is -2.31. The van der Waals surface area contributed by atoms with Gasteiger partial charge in [-0.2, -0.15) is 0 Å². The Morgan fingerprint density at radius 1 is 1.35 bits per heavy atom. The number of aliphatic hydroxyl groups excluding tert-OH is 1. The molecule has 0 radical (unpaired) electrons. The molecule has 1 rings (SSSR count). The standard InChI is InChI=1S/C13H19NO2S/c1-3-17-12-6-4-11(5-7-12)8-9-14(2)13(16)10-15/h4-7,15H,3,8-10H2,1-2H3. The second-order valence-electron chi connectivity index (χ2n) is 3.80. The second kappa shape index (κ2) is 7.35. The summed E-state index contributed by atoms with van der Waals surface area (Å²) in [5.74, 6) is 0.843. The van der Waals surface area contributed by atoms with Crippen LogP contribution in [-0.4, -0.2) is 41.9 Å². The van der Waals surface area contributed by atoms with E-state index in [4.69, 9.17) is 5.11 Å². The lowest BCUT2D eigenvalue weighted by Gasteiger charge is -2.15. The van der Waals surface area contributed by atoms with E-state index in [2.05, 4.69) is 31.2 Å². The van der Waals surface area contributed by atoms with Crippen molar-refractivity contribution < 1.29 is 9.90 Å². The summed E-state index contributed by atoms with van der Waals surface area (Å²) in [6.45, 7) is 2.36. The Hall–Kier alpha value is -1.00. The highest BCUT2D eigenvalue weighted by atomic mass is 32.2. The van der Waals surface area contributed by atoms with Crippen molar-refractivity contribution in [2.24, 2.45) is 0 Å². The van der Waals surface area contributed by atoms with Gasteiger partial charge in [0.25, 0.3) is 0 Å². The van der Waals surface area contributed by atoms with Crippen LogP contribution in [0.25, 0.3) is 0 Å². The van der Waals surface area contributed by atoms with E-state index < -0.39 is 6.61 Å². The van der Waals surface area contributed by atoms with Gasteiger partial charge in [0, 0.05) is 18.5 Å². The van der Waals surface area contributed by atoms with Crippen LogP contribution in [-0.2, 0) is 11.2 Å². The fourth-order valence-electron chi connectivity index (χ4n) is 1.46. The molecular formula is C13H19NO2S. The number of amides is 1. The first-order chi connectivity index (χ1) is 8.17. The van der Waals surface area contributed by atoms with E-state index in [0.717, 1.165) is 12.2 Å². The molecule has 0 atom stereocenters. The number of carbonyl (C=O) groups is 1. The molecule has 0 fully saturated rings. The maximum absolute atomic E-state index is 11.1. The summed E-state index contributed by atoms with van der Waals surface area (Å²) >= 11 is 1.82. The third kappa shape index (κ3) is 4.79. The quantitative estimate of drug-likeness (QED) is 0.786. The van der Waals surface area contributed by atoms with Crippen LogP contribution in [0.3, 0.4) is 0 Å². The van der Waals surface area contributed by atoms with Crippen molar-refractivity contribution in [3.05, 3.63) is 29.8 Å². The van der Waals surface area contributed by atoms with Gasteiger partial charge >= 0.3 is 0 Å². The number of hydrogen-bond donors (Lipinski definition) is 1. The Morgan fingerprint density at radius 2 is 2.00 bits per heavy atom. The third-order valence-electron chi connectivity index (χ3n) is 2.53. The summed E-state index contributed by atoms with van der Waals surface area (Å²) in [7, 11) is 1.71. The molecule has 0 heterocycles. The molecule has 0 spiro atoms. The minimum absolute atomic E-state index is 0.233. The molecule has 1 aromatic carbocycles. The fourth-order valence-corrected chi connectivity index (χ4v) is 2.12. The van der Waals surface area contributed by atoms with E-state index in [1.807, 2.05) is 11.8 Å². The number of aliphatic hydroxyl groups is 1. The highest BCUT2D eigenvalue weighted by molar-refractivity contribution is 7.99. The average Bonchev–Trinajstić information content (AvgIpc) is 2.37. The van der Waals surface area contributed by atoms with Gasteiger partial charge in [0.2, 0.25) is 5.91 Å². The molecule has 0 aliphatic rings. The Balaban J connectivity index is 2.44. The molecule has 4 heteroatoms. The van der Waals surface area contributed by atoms with Gasteiger partial charge < -0.3 is 10.0 Å². The first-order valence-corrected chi connectivity index (χ1v) is 6.72. The molecule has 0 saturated carbocycles. The maximum atomic E-state index is 11.1. The normalized spacial score (nSPS) is 10.3. The number of carbonyl (C=O) groups excluding carboxylic acids is 1. The molecule has 94 valence electrons. The Morgan fingerprint density at radius 3 is 2.53 bits per heavy atom. The van der Waals surface area contributed by atoms with Gasteiger partial charge in [-0.3, -0.25) is 4.79 Å². The lowest BCUT2D eigenvalue weighted by molar-refractivity contribution is -0.132. The van der Waals surface area contributed by atoms with Crippen LogP contribution < -0.4 is 0 Å². The van der Waals surface area contributed by atoms with E-state index >= 15 is 0 Å². The maximum Gasteiger partial charge on any atom is 0.248 e. The molecule has 3 nitrogen and oxygen atoms in total. The summed E-state index contributed by atoms with van der Waals surface area (Å²) in [4.78, 5) is 14.0. The van der Waals surface area contributed by atoms with Crippen LogP contribution in [0.2, 0.25) is 0 Å². The predicted molar refractivity (Wildman–Crippen MR) is 71.3 cm³/mol.